The van der Waals surface area contributed by atoms with Gasteiger partial charge in [0, 0.05) is 6.42 Å². The highest BCUT2D eigenvalue weighted by atomic mass is 15.6. The lowest BCUT2D eigenvalue weighted by Crippen LogP contribution is -2.43. The highest BCUT2D eigenvalue weighted by Gasteiger charge is 2.32. The van der Waals surface area contributed by atoms with Crippen LogP contribution in [0.5, 0.6) is 0 Å². The van der Waals surface area contributed by atoms with Gasteiger partial charge in [0.1, 0.15) is 11.7 Å². The number of amidine groups is 1. The van der Waals surface area contributed by atoms with Crippen LogP contribution in [-0.2, 0) is 6.42 Å². The monoisotopic (exact) mass is 279 g/mol. The molecule has 1 aliphatic carbocycles. The Balaban J connectivity index is 1.63. The van der Waals surface area contributed by atoms with Gasteiger partial charge in [-0.1, -0.05) is 42.5 Å². The molecule has 1 aromatic carbocycles. The summed E-state index contributed by atoms with van der Waals surface area (Å²) in [6, 6.07) is 10.3. The molecule has 4 N–H and O–H groups in total. The smallest absolute Gasteiger partial charge is 0.194 e. The minimum Gasteiger partial charge on any atom is -0.382 e. The van der Waals surface area contributed by atoms with Crippen LogP contribution in [0.25, 0.3) is 0 Å². The zero-order chi connectivity index (χ0) is 14.2. The highest BCUT2D eigenvalue weighted by molar-refractivity contribution is 5.87. The maximum Gasteiger partial charge on any atom is 0.194 e. The predicted octanol–water partition coefficient (Wildman–Crippen LogP) is 1.70. The van der Waals surface area contributed by atoms with Crippen LogP contribution in [-0.4, -0.2) is 10.8 Å². The first-order chi connectivity index (χ1) is 10.3. The van der Waals surface area contributed by atoms with Gasteiger partial charge in [-0.15, -0.1) is 0 Å². The summed E-state index contributed by atoms with van der Waals surface area (Å²) in [7, 11) is 0. The van der Waals surface area contributed by atoms with E-state index in [0.29, 0.717) is 5.82 Å². The topological polar surface area (TPSA) is 65.7 Å². The summed E-state index contributed by atoms with van der Waals surface area (Å²) in [5.41, 5.74) is 12.9. The molecule has 21 heavy (non-hydrogen) atoms. The van der Waals surface area contributed by atoms with Crippen LogP contribution < -0.4 is 16.5 Å². The number of nitrogens with one attached hydrogen (secondary N) is 2. The summed E-state index contributed by atoms with van der Waals surface area (Å²) in [4.78, 5) is 4.63. The van der Waals surface area contributed by atoms with Gasteiger partial charge in [-0.2, -0.15) is 0 Å². The first kappa shape index (κ1) is 12.1. The average molecular weight is 279 g/mol. The van der Waals surface area contributed by atoms with E-state index >= 15 is 0 Å². The molecule has 0 fully saturated rings. The number of allylic oxidation sites excluding steroid dienone is 2. The van der Waals surface area contributed by atoms with Crippen molar-refractivity contribution in [2.24, 2.45) is 10.7 Å². The molecule has 0 bridgehead atoms. The van der Waals surface area contributed by atoms with Crippen LogP contribution >= 0.6 is 0 Å². The maximum absolute atomic E-state index is 6.09. The Morgan fingerprint density at radius 3 is 2.81 bits per heavy atom. The third-order valence-corrected chi connectivity index (χ3v) is 3.79. The summed E-state index contributed by atoms with van der Waals surface area (Å²) in [5, 5.41) is 5.22. The van der Waals surface area contributed by atoms with Crippen LogP contribution in [0.3, 0.4) is 0 Å². The molecule has 0 aromatic heterocycles. The van der Waals surface area contributed by atoms with Gasteiger partial charge in [0.15, 0.2) is 5.82 Å². The molecule has 0 amide bonds. The zero-order valence-electron chi connectivity index (χ0n) is 11.6. The standard InChI is InChI=1S/C16H17N5/c17-15-16-19-14(10-11-6-2-1-3-7-11)20-21(16)13-9-5-4-8-12(13)18-15/h1-3,6-9,18H,4-5,10,17H2,(H,19,20). The molecule has 0 atom stereocenters. The number of hydrogen-bond donors (Lipinski definition) is 3. The summed E-state index contributed by atoms with van der Waals surface area (Å²) >= 11 is 0. The molecule has 0 saturated carbocycles. The number of fused-ring (bicyclic) bond motifs is 3. The number of benzene rings is 1. The predicted molar refractivity (Wildman–Crippen MR) is 82.3 cm³/mol. The molecular weight excluding hydrogens is 262 g/mol. The minimum absolute atomic E-state index is 0.593. The Bertz CT molecular complexity index is 697. The molecule has 0 saturated heterocycles. The third kappa shape index (κ3) is 2.07. The van der Waals surface area contributed by atoms with Crippen molar-refractivity contribution in [3.63, 3.8) is 0 Å². The lowest BCUT2D eigenvalue weighted by molar-refractivity contribution is 0.377. The van der Waals surface area contributed by atoms with Gasteiger partial charge in [0.25, 0.3) is 0 Å². The van der Waals surface area contributed by atoms with E-state index in [1.807, 2.05) is 23.2 Å². The molecule has 2 heterocycles. The molecule has 5 nitrogen and oxygen atoms in total. The summed E-state index contributed by atoms with van der Waals surface area (Å²) in [5.74, 6) is 2.26. The van der Waals surface area contributed by atoms with E-state index in [9.17, 15) is 0 Å². The quantitative estimate of drug-likeness (QED) is 0.771. The second-order valence-corrected chi connectivity index (χ2v) is 5.31. The summed E-state index contributed by atoms with van der Waals surface area (Å²) in [6.45, 7) is 0. The van der Waals surface area contributed by atoms with E-state index in [4.69, 9.17) is 5.73 Å². The Morgan fingerprint density at radius 1 is 1.14 bits per heavy atom. The SMILES string of the molecule is NC1=C2N=C(Cc3ccccc3)NN2C2=CCCC=C2N1. The van der Waals surface area contributed by atoms with Gasteiger partial charge in [0.2, 0.25) is 0 Å². The number of nitrogens with two attached hydrogens (primary N) is 1. The van der Waals surface area contributed by atoms with E-state index < -0.39 is 0 Å². The molecule has 0 unspecified atom stereocenters. The van der Waals surface area contributed by atoms with Crippen LogP contribution in [0, 0.1) is 0 Å². The van der Waals surface area contributed by atoms with Crippen molar-refractivity contribution in [1.82, 2.24) is 15.8 Å². The number of hydrogen-bond acceptors (Lipinski definition) is 5. The van der Waals surface area contributed by atoms with Crippen molar-refractivity contribution in [1.29, 1.82) is 0 Å². The van der Waals surface area contributed by atoms with Crippen LogP contribution in [0.15, 0.2) is 70.5 Å². The fourth-order valence-corrected chi connectivity index (χ4v) is 2.80. The minimum atomic E-state index is 0.593. The largest absolute Gasteiger partial charge is 0.382 e. The van der Waals surface area contributed by atoms with Crippen LogP contribution in [0.2, 0.25) is 0 Å². The van der Waals surface area contributed by atoms with Crippen molar-refractivity contribution in [2.75, 3.05) is 0 Å². The third-order valence-electron chi connectivity index (χ3n) is 3.79. The van der Waals surface area contributed by atoms with Gasteiger partial charge >= 0.3 is 0 Å². The highest BCUT2D eigenvalue weighted by Crippen LogP contribution is 2.30. The van der Waals surface area contributed by atoms with Crippen LogP contribution in [0.4, 0.5) is 0 Å². The van der Waals surface area contributed by atoms with Gasteiger partial charge in [0.05, 0.1) is 11.4 Å². The van der Waals surface area contributed by atoms with E-state index in [1.165, 1.54) is 5.56 Å². The lowest BCUT2D eigenvalue weighted by Gasteiger charge is -2.32. The van der Waals surface area contributed by atoms with Gasteiger partial charge in [-0.25, -0.2) is 10.0 Å². The Kier molecular flexibility index (Phi) is 2.70. The zero-order valence-corrected chi connectivity index (χ0v) is 11.6. The number of nitrogens with zero attached hydrogens (tertiary/aromatic N) is 2. The first-order valence-corrected chi connectivity index (χ1v) is 7.17. The van der Waals surface area contributed by atoms with Crippen molar-refractivity contribution < 1.29 is 0 Å². The molecule has 106 valence electrons. The molecular formula is C16H17N5. The normalized spacial score (nSPS) is 19.8. The fourth-order valence-electron chi connectivity index (χ4n) is 2.80. The molecule has 3 aliphatic rings. The van der Waals surface area contributed by atoms with Crippen molar-refractivity contribution in [3.8, 4) is 0 Å². The molecule has 0 spiro atoms. The number of aliphatic imine (C=N–C) groups is 1. The van der Waals surface area contributed by atoms with E-state index in [2.05, 4.69) is 40.0 Å². The lowest BCUT2D eigenvalue weighted by atomic mass is 10.1. The van der Waals surface area contributed by atoms with E-state index in [-0.39, 0.29) is 0 Å². The van der Waals surface area contributed by atoms with Crippen LogP contribution in [0.1, 0.15) is 18.4 Å². The Labute approximate surface area is 123 Å². The number of hydrazine groups is 1. The Morgan fingerprint density at radius 2 is 1.95 bits per heavy atom. The molecule has 2 aliphatic heterocycles. The maximum atomic E-state index is 6.09. The van der Waals surface area contributed by atoms with Crippen molar-refractivity contribution in [3.05, 3.63) is 71.1 Å². The van der Waals surface area contributed by atoms with Gasteiger partial charge < -0.3 is 11.1 Å². The van der Waals surface area contributed by atoms with E-state index in [0.717, 1.165) is 42.3 Å². The van der Waals surface area contributed by atoms with Crippen molar-refractivity contribution in [2.45, 2.75) is 19.3 Å². The van der Waals surface area contributed by atoms with Gasteiger partial charge in [-0.05, 0) is 18.4 Å². The summed E-state index contributed by atoms with van der Waals surface area (Å²) < 4.78 is 0. The Hall–Kier alpha value is -2.69. The van der Waals surface area contributed by atoms with Gasteiger partial charge in [-0.3, -0.25) is 5.43 Å². The second-order valence-electron chi connectivity index (χ2n) is 5.31. The summed E-state index contributed by atoms with van der Waals surface area (Å²) in [6.07, 6.45) is 7.24. The second kappa shape index (κ2) is 4.70. The molecule has 1 aromatic rings. The molecule has 5 heteroatoms. The van der Waals surface area contributed by atoms with E-state index in [1.54, 1.807) is 0 Å². The van der Waals surface area contributed by atoms with Crippen molar-refractivity contribution >= 4 is 5.84 Å². The molecule has 0 radical (unpaired) electrons. The first-order valence-electron chi connectivity index (χ1n) is 7.17. The fraction of sp³-hybridized carbons (Fsp3) is 0.188. The molecule has 4 rings (SSSR count). The number of rotatable bonds is 2. The average Bonchev–Trinajstić information content (AvgIpc) is 2.93.